The van der Waals surface area contributed by atoms with Gasteiger partial charge < -0.3 is 35.6 Å². The second-order valence-corrected chi connectivity index (χ2v) is 23.7. The van der Waals surface area contributed by atoms with Crippen LogP contribution in [-0.2, 0) is 25.5 Å². The molecule has 4 heterocycles. The monoisotopic (exact) mass is 1020 g/mol. The molecule has 0 spiro atoms. The molecule has 72 heavy (non-hydrogen) atoms. The van der Waals surface area contributed by atoms with E-state index in [-0.39, 0.29) is 72.3 Å². The molecule has 17 heteroatoms. The number of likely N-dealkylation sites (tertiary alicyclic amines) is 1. The number of carbonyl (C=O) groups is 4. The number of aromatic nitrogens is 2. The Hall–Kier alpha value is -5.44. The lowest BCUT2D eigenvalue weighted by molar-refractivity contribution is -0.144. The first-order valence-corrected chi connectivity index (χ1v) is 26.3. The minimum Gasteiger partial charge on any atom is -0.391 e. The first-order valence-electron chi connectivity index (χ1n) is 25.0. The van der Waals surface area contributed by atoms with Crippen LogP contribution in [-0.4, -0.2) is 124 Å². The average molecular weight is 1020 g/mol. The largest absolute Gasteiger partial charge is 0.391 e. The zero-order chi connectivity index (χ0) is 52.4. The highest BCUT2D eigenvalue weighted by Gasteiger charge is 2.61. The maximum Gasteiger partial charge on any atom is 0.253 e. The van der Waals surface area contributed by atoms with Gasteiger partial charge >= 0.3 is 0 Å². The SMILES string of the molecule is Cc1ncsc1-c1ccc([C@H](C)NC(=O)[C@@H]2C[C@@H](O)CN2C(=O)[C@@H](NC(=O)COCCN2C[C@@H](C)N(c3ccc(C(=O)N[C@H]4C(C)(C)[C@H](Cc5ccc(C#N)c(Cl)c5)C4(C)C)cn3)[C@@H](C)C2)C(C)(C)C)cc1. The Morgan fingerprint density at radius 2 is 1.65 bits per heavy atom. The molecular weight excluding hydrogens is 950 g/mol. The third-order valence-corrected chi connectivity index (χ3v) is 16.6. The van der Waals surface area contributed by atoms with Gasteiger partial charge in [-0.15, -0.1) is 11.3 Å². The standard InChI is InChI=1S/C55H72ClN9O6S/c1-32-27-63(28-33(2)65(32)45-19-18-40(26-58-45)49(68)62-52-54(8,9)44(55(52,10)11)23-36-12-13-39(25-57)42(56)22-36)20-21-71-30-46(67)61-48(53(5,6)7)51(70)64-29-41(66)24-43(64)50(69)60-34(3)37-14-16-38(17-15-37)47-35(4)59-31-72-47/h12-19,22,26,31-34,41,43-44,48,52,66H,20-21,23-24,27-30H2,1-11H3,(H,60,69)(H,61,67)(H,62,68)/t32-,33+,34-,41+,43-,44-,48+,52-/m0/s1. The first-order chi connectivity index (χ1) is 33.9. The van der Waals surface area contributed by atoms with Crippen LogP contribution >= 0.6 is 22.9 Å². The molecule has 0 radical (unpaired) electrons. The molecule has 15 nitrogen and oxygen atoms in total. The number of nitriles is 1. The van der Waals surface area contributed by atoms with Crippen LogP contribution in [0.2, 0.25) is 5.02 Å². The summed E-state index contributed by atoms with van der Waals surface area (Å²) in [5.74, 6) is -0.339. The Morgan fingerprint density at radius 3 is 2.24 bits per heavy atom. The number of aryl methyl sites for hydroxylation is 1. The van der Waals surface area contributed by atoms with Gasteiger partial charge in [0.05, 0.1) is 51.0 Å². The maximum absolute atomic E-state index is 14.2. The highest BCUT2D eigenvalue weighted by atomic mass is 35.5. The summed E-state index contributed by atoms with van der Waals surface area (Å²) in [5.41, 5.74) is 5.68. The van der Waals surface area contributed by atoms with Gasteiger partial charge in [0.25, 0.3) is 5.91 Å². The molecule has 4 amide bonds. The van der Waals surface area contributed by atoms with Gasteiger partial charge in [-0.1, -0.05) is 90.4 Å². The van der Waals surface area contributed by atoms with Crippen molar-refractivity contribution in [3.8, 4) is 16.5 Å². The van der Waals surface area contributed by atoms with E-state index in [1.165, 1.54) is 4.90 Å². The van der Waals surface area contributed by atoms with Crippen LogP contribution in [0.4, 0.5) is 5.82 Å². The number of nitrogens with zero attached hydrogens (tertiary/aromatic N) is 6. The van der Waals surface area contributed by atoms with Gasteiger partial charge in [-0.2, -0.15) is 5.26 Å². The minimum atomic E-state index is -0.969. The molecule has 3 aliphatic rings. The maximum atomic E-state index is 14.2. The second kappa shape index (κ2) is 22.0. The Kier molecular flexibility index (Phi) is 16.6. The first kappa shape index (κ1) is 54.3. The summed E-state index contributed by atoms with van der Waals surface area (Å²) < 4.78 is 5.88. The summed E-state index contributed by atoms with van der Waals surface area (Å²) in [6, 6.07) is 17.3. The second-order valence-electron chi connectivity index (χ2n) is 22.4. The number of carbonyl (C=O) groups excluding carboxylic acids is 4. The minimum absolute atomic E-state index is 0.0186. The van der Waals surface area contributed by atoms with Crippen molar-refractivity contribution in [1.82, 2.24) is 35.7 Å². The van der Waals surface area contributed by atoms with E-state index in [9.17, 15) is 29.5 Å². The lowest BCUT2D eigenvalue weighted by Gasteiger charge is -2.64. The molecule has 386 valence electrons. The molecule has 0 bridgehead atoms. The zero-order valence-corrected chi connectivity index (χ0v) is 45.2. The van der Waals surface area contributed by atoms with Crippen LogP contribution in [0.15, 0.2) is 66.3 Å². The number of amides is 4. The van der Waals surface area contributed by atoms with Crippen molar-refractivity contribution in [3.05, 3.63) is 99.3 Å². The molecule has 4 N–H and O–H groups in total. The van der Waals surface area contributed by atoms with Gasteiger partial charge in [0.1, 0.15) is 30.6 Å². The molecule has 1 saturated carbocycles. The Balaban J connectivity index is 0.860. The van der Waals surface area contributed by atoms with Gasteiger partial charge in [0.15, 0.2) is 0 Å². The lowest BCUT2D eigenvalue weighted by Crippen LogP contribution is -2.70. The fraction of sp³-hybridized carbons (Fsp3) is 0.545. The van der Waals surface area contributed by atoms with Crippen molar-refractivity contribution >= 4 is 52.4 Å². The number of thiazole rings is 1. The van der Waals surface area contributed by atoms with Crippen LogP contribution < -0.4 is 20.9 Å². The predicted molar refractivity (Wildman–Crippen MR) is 281 cm³/mol. The molecule has 7 rings (SSSR count). The van der Waals surface area contributed by atoms with Crippen LogP contribution in [0.25, 0.3) is 10.4 Å². The number of nitrogens with one attached hydrogen (secondary N) is 3. The Bertz CT molecular complexity index is 2620. The summed E-state index contributed by atoms with van der Waals surface area (Å²) in [6.07, 6.45) is 1.65. The third kappa shape index (κ3) is 11.8. The number of pyridine rings is 1. The number of benzene rings is 2. The molecule has 2 aliphatic heterocycles. The van der Waals surface area contributed by atoms with E-state index in [2.05, 4.69) is 78.3 Å². The molecule has 0 unspecified atom stereocenters. The van der Waals surface area contributed by atoms with Gasteiger partial charge in [-0.25, -0.2) is 9.97 Å². The van der Waals surface area contributed by atoms with E-state index in [0.717, 1.165) is 52.6 Å². The fourth-order valence-corrected chi connectivity index (χ4v) is 12.7. The molecular formula is C55H72ClN9O6S. The molecule has 2 aromatic heterocycles. The number of hydrogen-bond acceptors (Lipinski definition) is 12. The van der Waals surface area contributed by atoms with E-state index in [1.807, 2.05) is 88.7 Å². The average Bonchev–Trinajstić information content (AvgIpc) is 3.94. The predicted octanol–water partition coefficient (Wildman–Crippen LogP) is 7.35. The van der Waals surface area contributed by atoms with Crippen molar-refractivity contribution in [2.75, 3.05) is 44.3 Å². The fourth-order valence-electron chi connectivity index (χ4n) is 11.7. The van der Waals surface area contributed by atoms with Gasteiger partial charge in [-0.05, 0) is 97.2 Å². The number of anilines is 1. The third-order valence-electron chi connectivity index (χ3n) is 15.3. The normalized spacial score (nSPS) is 23.6. The Morgan fingerprint density at radius 1 is 0.972 bits per heavy atom. The number of aliphatic hydroxyl groups is 1. The molecule has 6 atom stereocenters. The number of β-amino-alcohol motifs (C(OH)–C–C–N with tert-alkyl or cyclic N) is 1. The highest BCUT2D eigenvalue weighted by molar-refractivity contribution is 7.13. The smallest absolute Gasteiger partial charge is 0.253 e. The summed E-state index contributed by atoms with van der Waals surface area (Å²) in [7, 11) is 0. The van der Waals surface area contributed by atoms with E-state index in [1.54, 1.807) is 23.6 Å². The van der Waals surface area contributed by atoms with Crippen molar-refractivity contribution in [3.63, 3.8) is 0 Å². The van der Waals surface area contributed by atoms with Gasteiger partial charge in [0.2, 0.25) is 17.7 Å². The highest BCUT2D eigenvalue weighted by Crippen LogP contribution is 2.60. The topological polar surface area (TPSA) is 193 Å². The molecule has 2 saturated heterocycles. The van der Waals surface area contributed by atoms with Crippen molar-refractivity contribution in [2.45, 2.75) is 131 Å². The molecule has 1 aliphatic carbocycles. The molecule has 4 aromatic rings. The summed E-state index contributed by atoms with van der Waals surface area (Å²) in [5, 5.41) is 29.7. The number of aliphatic hydroxyl groups excluding tert-OH is 1. The quantitative estimate of drug-likeness (QED) is 0.0821. The van der Waals surface area contributed by atoms with Crippen molar-refractivity contribution in [2.24, 2.45) is 22.2 Å². The van der Waals surface area contributed by atoms with Crippen LogP contribution in [0.1, 0.15) is 114 Å². The van der Waals surface area contributed by atoms with E-state index >= 15 is 0 Å². The zero-order valence-electron chi connectivity index (χ0n) is 43.6. The van der Waals surface area contributed by atoms with Crippen molar-refractivity contribution in [1.29, 1.82) is 5.26 Å². The number of halogens is 1. The van der Waals surface area contributed by atoms with Gasteiger partial charge in [0, 0.05) is 56.9 Å². The summed E-state index contributed by atoms with van der Waals surface area (Å²) in [4.78, 5) is 71.1. The summed E-state index contributed by atoms with van der Waals surface area (Å²) >= 11 is 7.92. The van der Waals surface area contributed by atoms with Crippen LogP contribution in [0.3, 0.4) is 0 Å². The molecule has 2 aromatic carbocycles. The number of piperazine rings is 1. The van der Waals surface area contributed by atoms with E-state index < -0.39 is 35.4 Å². The van der Waals surface area contributed by atoms with Gasteiger partial charge in [-0.3, -0.25) is 24.1 Å². The lowest BCUT2D eigenvalue weighted by atomic mass is 9.43. The van der Waals surface area contributed by atoms with Crippen LogP contribution in [0, 0.1) is 40.4 Å². The summed E-state index contributed by atoms with van der Waals surface area (Å²) in [6.45, 7) is 24.6. The van der Waals surface area contributed by atoms with E-state index in [4.69, 9.17) is 21.3 Å². The number of hydrogen-bond donors (Lipinski definition) is 4. The Labute approximate surface area is 434 Å². The van der Waals surface area contributed by atoms with Crippen molar-refractivity contribution < 1.29 is 29.0 Å². The number of rotatable bonds is 16. The van der Waals surface area contributed by atoms with Crippen LogP contribution in [0.5, 0.6) is 0 Å². The number of ether oxygens (including phenoxy) is 1. The van der Waals surface area contributed by atoms with E-state index in [0.29, 0.717) is 29.3 Å². The molecule has 3 fully saturated rings.